The van der Waals surface area contributed by atoms with Crippen molar-refractivity contribution in [1.29, 1.82) is 0 Å². The van der Waals surface area contributed by atoms with E-state index in [0.717, 1.165) is 18.4 Å². The predicted octanol–water partition coefficient (Wildman–Crippen LogP) is 5.21. The summed E-state index contributed by atoms with van der Waals surface area (Å²) in [6.45, 7) is 14.3. The minimum absolute atomic E-state index is 0.0775. The van der Waals surface area contributed by atoms with Crippen molar-refractivity contribution in [1.82, 2.24) is 0 Å². The quantitative estimate of drug-likeness (QED) is 0.328. The molecule has 0 aliphatic rings. The van der Waals surface area contributed by atoms with E-state index in [1.165, 1.54) is 18.9 Å². The van der Waals surface area contributed by atoms with Gasteiger partial charge in [-0.3, -0.25) is 0 Å². The number of carbonyl (C=O) groups is 1. The van der Waals surface area contributed by atoms with Crippen LogP contribution in [-0.4, -0.2) is 12.1 Å². The van der Waals surface area contributed by atoms with Crippen LogP contribution in [0.5, 0.6) is 0 Å². The zero-order valence-corrected chi connectivity index (χ0v) is 13.7. The van der Waals surface area contributed by atoms with Crippen molar-refractivity contribution in [3.63, 3.8) is 0 Å². The number of rotatable bonds is 9. The second-order valence-corrected chi connectivity index (χ2v) is 6.16. The van der Waals surface area contributed by atoms with Crippen molar-refractivity contribution in [2.75, 3.05) is 0 Å². The second-order valence-electron chi connectivity index (χ2n) is 6.16. The Kier molecular flexibility index (Phi) is 8.94. The largest absolute Gasteiger partial charge is 0.460 e. The van der Waals surface area contributed by atoms with Gasteiger partial charge in [0.2, 0.25) is 0 Å². The van der Waals surface area contributed by atoms with E-state index >= 15 is 0 Å². The average molecular weight is 278 g/mol. The monoisotopic (exact) mass is 278 g/mol. The highest BCUT2D eigenvalue weighted by Crippen LogP contribution is 2.27. The van der Waals surface area contributed by atoms with Crippen molar-refractivity contribution >= 4 is 5.97 Å². The zero-order chi connectivity index (χ0) is 15.6. The Bertz CT molecular complexity index is 360. The lowest BCUT2D eigenvalue weighted by atomic mass is 9.84. The van der Waals surface area contributed by atoms with Crippen LogP contribution in [0.4, 0.5) is 0 Å². The van der Waals surface area contributed by atoms with E-state index in [1.807, 2.05) is 26.0 Å². The molecule has 0 unspecified atom stereocenters. The topological polar surface area (TPSA) is 26.3 Å². The fraction of sp³-hybridized carbons (Fsp3) is 0.611. The van der Waals surface area contributed by atoms with E-state index in [4.69, 9.17) is 4.74 Å². The number of hydrogen-bond donors (Lipinski definition) is 0. The predicted molar refractivity (Wildman–Crippen MR) is 86.6 cm³/mol. The molecule has 0 spiro atoms. The van der Waals surface area contributed by atoms with E-state index in [0.29, 0.717) is 5.41 Å². The molecule has 114 valence electrons. The summed E-state index contributed by atoms with van der Waals surface area (Å²) in [4.78, 5) is 11.3. The third-order valence-corrected chi connectivity index (χ3v) is 3.43. The van der Waals surface area contributed by atoms with Crippen molar-refractivity contribution < 1.29 is 9.53 Å². The lowest BCUT2D eigenvalue weighted by molar-refractivity contribution is -0.141. The lowest BCUT2D eigenvalue weighted by Gasteiger charge is -2.22. The van der Waals surface area contributed by atoms with Gasteiger partial charge in [-0.25, -0.2) is 4.79 Å². The summed E-state index contributed by atoms with van der Waals surface area (Å²) in [5.74, 6) is -0.299. The van der Waals surface area contributed by atoms with Gasteiger partial charge in [0, 0.05) is 6.08 Å². The smallest absolute Gasteiger partial charge is 0.330 e. The van der Waals surface area contributed by atoms with Gasteiger partial charge in [0.25, 0.3) is 0 Å². The summed E-state index contributed by atoms with van der Waals surface area (Å²) >= 11 is 0. The first-order valence-corrected chi connectivity index (χ1v) is 7.51. The van der Waals surface area contributed by atoms with Crippen LogP contribution in [-0.2, 0) is 9.53 Å². The summed E-state index contributed by atoms with van der Waals surface area (Å²) < 4.78 is 5.03. The first-order chi connectivity index (χ1) is 9.30. The fourth-order valence-corrected chi connectivity index (χ4v) is 1.72. The highest BCUT2D eigenvalue weighted by atomic mass is 16.5. The molecule has 2 heteroatoms. The molecule has 2 nitrogen and oxygen atoms in total. The molecule has 0 saturated heterocycles. The number of allylic oxidation sites excluding steroid dienone is 4. The number of hydrogen-bond acceptors (Lipinski definition) is 2. The molecule has 0 aromatic carbocycles. The molecule has 0 aromatic rings. The van der Waals surface area contributed by atoms with Gasteiger partial charge in [0.1, 0.15) is 0 Å². The van der Waals surface area contributed by atoms with Crippen molar-refractivity contribution in [3.05, 3.63) is 36.5 Å². The molecule has 0 aromatic heterocycles. The summed E-state index contributed by atoms with van der Waals surface area (Å²) in [5, 5.41) is 0. The third-order valence-electron chi connectivity index (χ3n) is 3.43. The molecule has 20 heavy (non-hydrogen) atoms. The molecule has 0 amide bonds. The van der Waals surface area contributed by atoms with Crippen molar-refractivity contribution in [2.24, 2.45) is 5.41 Å². The first kappa shape index (κ1) is 18.7. The highest BCUT2D eigenvalue weighted by molar-refractivity contribution is 5.82. The van der Waals surface area contributed by atoms with E-state index < -0.39 is 0 Å². The molecule has 0 aliphatic heterocycles. The molecule has 0 heterocycles. The van der Waals surface area contributed by atoms with Crippen LogP contribution in [0.2, 0.25) is 0 Å². The Morgan fingerprint density at radius 2 is 2.00 bits per heavy atom. The van der Waals surface area contributed by atoms with Gasteiger partial charge in [-0.15, -0.1) is 0 Å². The van der Waals surface area contributed by atoms with Crippen LogP contribution < -0.4 is 0 Å². The van der Waals surface area contributed by atoms with E-state index in [1.54, 1.807) is 6.08 Å². The van der Waals surface area contributed by atoms with Crippen LogP contribution in [0.25, 0.3) is 0 Å². The standard InChI is InChI=1S/C18H30O2/c1-7-16(12-10-14-18(5,6)8-2)11-9-13-17(19)20-15(3)4/h7,9,11,13,15H,1,8,10,12,14H2,2-6H3/b13-9+,16-11+. The van der Waals surface area contributed by atoms with Gasteiger partial charge < -0.3 is 4.74 Å². The molecular formula is C18H30O2. The van der Waals surface area contributed by atoms with Gasteiger partial charge in [-0.1, -0.05) is 52.0 Å². The van der Waals surface area contributed by atoms with Crippen LogP contribution >= 0.6 is 0 Å². The van der Waals surface area contributed by atoms with Gasteiger partial charge in [0.15, 0.2) is 0 Å². The minimum Gasteiger partial charge on any atom is -0.460 e. The number of esters is 1. The molecule has 0 saturated carbocycles. The van der Waals surface area contributed by atoms with Crippen LogP contribution in [0, 0.1) is 5.41 Å². The maximum atomic E-state index is 11.3. The van der Waals surface area contributed by atoms with E-state index in [2.05, 4.69) is 27.4 Å². The first-order valence-electron chi connectivity index (χ1n) is 7.51. The molecule has 0 radical (unpaired) electrons. The summed E-state index contributed by atoms with van der Waals surface area (Å²) in [6, 6.07) is 0. The van der Waals surface area contributed by atoms with Gasteiger partial charge >= 0.3 is 5.97 Å². The Hall–Kier alpha value is -1.31. The summed E-state index contributed by atoms with van der Waals surface area (Å²) in [7, 11) is 0. The third kappa shape index (κ3) is 9.60. The van der Waals surface area contributed by atoms with Gasteiger partial charge in [-0.05, 0) is 44.1 Å². The molecule has 0 rings (SSSR count). The molecular weight excluding hydrogens is 248 g/mol. The Balaban J connectivity index is 4.26. The van der Waals surface area contributed by atoms with E-state index in [-0.39, 0.29) is 12.1 Å². The van der Waals surface area contributed by atoms with Crippen LogP contribution in [0.15, 0.2) is 36.5 Å². The van der Waals surface area contributed by atoms with Gasteiger partial charge in [-0.2, -0.15) is 0 Å². The average Bonchev–Trinajstić information content (AvgIpc) is 2.36. The normalized spacial score (nSPS) is 13.0. The number of ether oxygens (including phenoxy) is 1. The summed E-state index contributed by atoms with van der Waals surface area (Å²) in [5.41, 5.74) is 1.56. The van der Waals surface area contributed by atoms with Gasteiger partial charge in [0.05, 0.1) is 6.10 Å². The van der Waals surface area contributed by atoms with Crippen molar-refractivity contribution in [2.45, 2.75) is 66.4 Å². The second kappa shape index (κ2) is 9.57. The molecule has 0 atom stereocenters. The van der Waals surface area contributed by atoms with Crippen molar-refractivity contribution in [3.8, 4) is 0 Å². The van der Waals surface area contributed by atoms with E-state index in [9.17, 15) is 4.79 Å². The number of carbonyl (C=O) groups excluding carboxylic acids is 1. The SMILES string of the molecule is C=C/C(=C\C=C\C(=O)OC(C)C)CCCC(C)(C)CC. The maximum Gasteiger partial charge on any atom is 0.330 e. The van der Waals surface area contributed by atoms with Crippen LogP contribution in [0.1, 0.15) is 60.3 Å². The fourth-order valence-electron chi connectivity index (χ4n) is 1.72. The summed E-state index contributed by atoms with van der Waals surface area (Å²) in [6.07, 6.45) is 11.5. The Labute approximate surface area is 124 Å². The Morgan fingerprint density at radius 1 is 1.35 bits per heavy atom. The molecule has 0 aliphatic carbocycles. The molecule has 0 fully saturated rings. The highest BCUT2D eigenvalue weighted by Gasteiger charge is 2.13. The minimum atomic E-state index is -0.299. The maximum absolute atomic E-state index is 11.3. The lowest BCUT2D eigenvalue weighted by Crippen LogP contribution is -2.09. The van der Waals surface area contributed by atoms with Crippen LogP contribution in [0.3, 0.4) is 0 Å². The molecule has 0 bridgehead atoms. The Morgan fingerprint density at radius 3 is 2.50 bits per heavy atom. The zero-order valence-electron chi connectivity index (χ0n) is 13.7. The molecule has 0 N–H and O–H groups in total.